The number of aliphatic carboxylic acids is 1. The van der Waals surface area contributed by atoms with Crippen LogP contribution in [0.3, 0.4) is 0 Å². The molecule has 0 spiro atoms. The summed E-state index contributed by atoms with van der Waals surface area (Å²) in [6.07, 6.45) is 1.55. The van der Waals surface area contributed by atoms with Gasteiger partial charge in [-0.1, -0.05) is 0 Å². The van der Waals surface area contributed by atoms with Gasteiger partial charge in [0, 0.05) is 31.4 Å². The van der Waals surface area contributed by atoms with Crippen molar-refractivity contribution in [2.24, 2.45) is 0 Å². The fraction of sp³-hybridized carbons (Fsp3) is 0.500. The zero-order valence-corrected chi connectivity index (χ0v) is 12.5. The Balaban J connectivity index is 3.12. The van der Waals surface area contributed by atoms with Crippen molar-refractivity contribution in [3.63, 3.8) is 0 Å². The van der Waals surface area contributed by atoms with Crippen LogP contribution in [0.1, 0.15) is 31.1 Å². The molecule has 0 radical (unpaired) electrons. The Morgan fingerprint density at radius 3 is 2.35 bits per heavy atom. The summed E-state index contributed by atoms with van der Waals surface area (Å²) in [5.74, 6) is -0.694. The van der Waals surface area contributed by atoms with Gasteiger partial charge in [0.1, 0.15) is 12.4 Å². The predicted octanol–water partition coefficient (Wildman–Crippen LogP) is 1.47. The Morgan fingerprint density at radius 2 is 1.90 bits per heavy atom. The number of pyridine rings is 1. The molecule has 1 aromatic rings. The van der Waals surface area contributed by atoms with Crippen LogP contribution < -0.4 is 4.90 Å². The standard InChI is InChI=1S/C14H21N3O3/c1-14(2,3)17(9-12(18)19)13(20)10-6-7-15-11(8-10)16(4)5/h6-8H,9H2,1-5H3,(H,18,19). The highest BCUT2D eigenvalue weighted by Gasteiger charge is 2.29. The Kier molecular flexibility index (Phi) is 4.70. The molecule has 0 atom stereocenters. The van der Waals surface area contributed by atoms with Gasteiger partial charge in [-0.05, 0) is 32.9 Å². The Bertz CT molecular complexity index is 507. The molecule has 0 fully saturated rings. The number of aromatic nitrogens is 1. The molecule has 0 aliphatic heterocycles. The number of hydrogen-bond donors (Lipinski definition) is 1. The minimum atomic E-state index is -1.03. The van der Waals surface area contributed by atoms with Gasteiger partial charge in [-0.15, -0.1) is 0 Å². The Labute approximate surface area is 119 Å². The van der Waals surface area contributed by atoms with E-state index in [4.69, 9.17) is 5.11 Å². The molecule has 0 aliphatic carbocycles. The first-order valence-electron chi connectivity index (χ1n) is 6.30. The van der Waals surface area contributed by atoms with Gasteiger partial charge in [0.25, 0.3) is 5.91 Å². The highest BCUT2D eigenvalue weighted by molar-refractivity contribution is 5.96. The van der Waals surface area contributed by atoms with Gasteiger partial charge in [0.2, 0.25) is 0 Å². The maximum Gasteiger partial charge on any atom is 0.323 e. The minimum absolute atomic E-state index is 0.314. The summed E-state index contributed by atoms with van der Waals surface area (Å²) in [4.78, 5) is 30.7. The second-order valence-electron chi connectivity index (χ2n) is 5.75. The molecule has 6 nitrogen and oxygen atoms in total. The van der Waals surface area contributed by atoms with E-state index >= 15 is 0 Å². The number of carboxylic acid groups (broad SMARTS) is 1. The molecule has 1 aromatic heterocycles. The van der Waals surface area contributed by atoms with E-state index in [9.17, 15) is 9.59 Å². The van der Waals surface area contributed by atoms with E-state index in [0.29, 0.717) is 11.4 Å². The molecule has 6 heteroatoms. The largest absolute Gasteiger partial charge is 0.480 e. The van der Waals surface area contributed by atoms with Gasteiger partial charge >= 0.3 is 5.97 Å². The molecule has 0 saturated carbocycles. The van der Waals surface area contributed by atoms with Crippen molar-refractivity contribution < 1.29 is 14.7 Å². The number of amides is 1. The second-order valence-corrected chi connectivity index (χ2v) is 5.75. The summed E-state index contributed by atoms with van der Waals surface area (Å²) >= 11 is 0. The van der Waals surface area contributed by atoms with Crippen LogP contribution in [0.2, 0.25) is 0 Å². The molecule has 1 N–H and O–H groups in total. The number of hydrogen-bond acceptors (Lipinski definition) is 4. The van der Waals surface area contributed by atoms with Crippen LogP contribution in [-0.2, 0) is 4.79 Å². The topological polar surface area (TPSA) is 73.7 Å². The first kappa shape index (κ1) is 15.9. The van der Waals surface area contributed by atoms with Gasteiger partial charge in [-0.25, -0.2) is 4.98 Å². The molecule has 110 valence electrons. The lowest BCUT2D eigenvalue weighted by atomic mass is 10.0. The number of carbonyl (C=O) groups excluding carboxylic acids is 1. The third-order valence-corrected chi connectivity index (χ3v) is 2.80. The lowest BCUT2D eigenvalue weighted by molar-refractivity contribution is -0.138. The minimum Gasteiger partial charge on any atom is -0.480 e. The van der Waals surface area contributed by atoms with E-state index in [2.05, 4.69) is 4.98 Å². The SMILES string of the molecule is CN(C)c1cc(C(=O)N(CC(=O)O)C(C)(C)C)ccn1. The summed E-state index contributed by atoms with van der Waals surface area (Å²) in [5, 5.41) is 8.97. The average Bonchev–Trinajstić information content (AvgIpc) is 2.33. The summed E-state index contributed by atoms with van der Waals surface area (Å²) in [7, 11) is 3.66. The van der Waals surface area contributed by atoms with E-state index in [-0.39, 0.29) is 12.5 Å². The maximum absolute atomic E-state index is 12.5. The van der Waals surface area contributed by atoms with Gasteiger partial charge in [-0.3, -0.25) is 9.59 Å². The first-order chi connectivity index (χ1) is 9.12. The van der Waals surface area contributed by atoms with Crippen LogP contribution in [0, 0.1) is 0 Å². The van der Waals surface area contributed by atoms with E-state index in [1.807, 2.05) is 34.9 Å². The van der Waals surface area contributed by atoms with E-state index in [1.165, 1.54) is 4.90 Å². The normalized spacial score (nSPS) is 11.1. The molecule has 0 unspecified atom stereocenters. The van der Waals surface area contributed by atoms with Crippen molar-refractivity contribution in [2.45, 2.75) is 26.3 Å². The number of anilines is 1. The fourth-order valence-electron chi connectivity index (χ4n) is 1.70. The lowest BCUT2D eigenvalue weighted by Gasteiger charge is -2.34. The van der Waals surface area contributed by atoms with E-state index in [1.54, 1.807) is 23.2 Å². The fourth-order valence-corrected chi connectivity index (χ4v) is 1.70. The molecule has 0 aliphatic rings. The molecule has 0 saturated heterocycles. The summed E-state index contributed by atoms with van der Waals surface area (Å²) in [6, 6.07) is 3.25. The van der Waals surface area contributed by atoms with Crippen LogP contribution in [0.15, 0.2) is 18.3 Å². The van der Waals surface area contributed by atoms with E-state index in [0.717, 1.165) is 0 Å². The van der Waals surface area contributed by atoms with Crippen molar-refractivity contribution in [1.29, 1.82) is 0 Å². The van der Waals surface area contributed by atoms with Crippen LogP contribution in [-0.4, -0.2) is 53.0 Å². The Hall–Kier alpha value is -2.11. The third kappa shape index (κ3) is 3.94. The highest BCUT2D eigenvalue weighted by atomic mass is 16.4. The van der Waals surface area contributed by atoms with E-state index < -0.39 is 11.5 Å². The maximum atomic E-state index is 12.5. The molecule has 0 aromatic carbocycles. The zero-order chi connectivity index (χ0) is 15.5. The molecule has 20 heavy (non-hydrogen) atoms. The summed E-state index contributed by atoms with van der Waals surface area (Å²) in [5.41, 5.74) is -0.142. The molecule has 1 amide bonds. The summed E-state index contributed by atoms with van der Waals surface area (Å²) in [6.45, 7) is 5.09. The van der Waals surface area contributed by atoms with Gasteiger partial charge < -0.3 is 14.9 Å². The van der Waals surface area contributed by atoms with Gasteiger partial charge in [-0.2, -0.15) is 0 Å². The Morgan fingerprint density at radius 1 is 1.30 bits per heavy atom. The van der Waals surface area contributed by atoms with Crippen molar-refractivity contribution in [1.82, 2.24) is 9.88 Å². The van der Waals surface area contributed by atoms with Crippen LogP contribution >= 0.6 is 0 Å². The van der Waals surface area contributed by atoms with Crippen molar-refractivity contribution in [3.05, 3.63) is 23.9 Å². The molecular weight excluding hydrogens is 258 g/mol. The monoisotopic (exact) mass is 279 g/mol. The quantitative estimate of drug-likeness (QED) is 0.903. The molecule has 1 rings (SSSR count). The van der Waals surface area contributed by atoms with Gasteiger partial charge in [0.15, 0.2) is 0 Å². The number of rotatable bonds is 4. The average molecular weight is 279 g/mol. The lowest BCUT2D eigenvalue weighted by Crippen LogP contribution is -2.48. The molecule has 0 bridgehead atoms. The molecule has 1 heterocycles. The second kappa shape index (κ2) is 5.90. The highest BCUT2D eigenvalue weighted by Crippen LogP contribution is 2.18. The van der Waals surface area contributed by atoms with Crippen molar-refractivity contribution >= 4 is 17.7 Å². The summed E-state index contributed by atoms with van der Waals surface area (Å²) < 4.78 is 0. The first-order valence-corrected chi connectivity index (χ1v) is 6.30. The molecular formula is C14H21N3O3. The van der Waals surface area contributed by atoms with Crippen molar-refractivity contribution in [3.8, 4) is 0 Å². The van der Waals surface area contributed by atoms with Gasteiger partial charge in [0.05, 0.1) is 0 Å². The van der Waals surface area contributed by atoms with Crippen LogP contribution in [0.4, 0.5) is 5.82 Å². The number of nitrogens with zero attached hydrogens (tertiary/aromatic N) is 3. The predicted molar refractivity (Wildman–Crippen MR) is 77.0 cm³/mol. The zero-order valence-electron chi connectivity index (χ0n) is 12.5. The van der Waals surface area contributed by atoms with Crippen LogP contribution in [0.5, 0.6) is 0 Å². The number of carboxylic acids is 1. The number of carbonyl (C=O) groups is 2. The van der Waals surface area contributed by atoms with Crippen molar-refractivity contribution in [2.75, 3.05) is 25.5 Å². The third-order valence-electron chi connectivity index (χ3n) is 2.80. The van der Waals surface area contributed by atoms with Crippen LogP contribution in [0.25, 0.3) is 0 Å². The smallest absolute Gasteiger partial charge is 0.323 e.